The third-order valence-corrected chi connectivity index (χ3v) is 2.09. The summed E-state index contributed by atoms with van der Waals surface area (Å²) in [5.41, 5.74) is -5.70. The standard InChI is InChI=1S/C10H8F5NO3/c1-2-19-9(18)4-3-5(10(13,14)15)16-8(17)6(4)7(11)12/h3,7H,2H2,1H3,(H,16,17). The maximum Gasteiger partial charge on any atom is 0.431 e. The second kappa shape index (κ2) is 5.37. The number of alkyl halides is 5. The average Bonchev–Trinajstić information content (AvgIpc) is 2.26. The number of carbonyl (C=O) groups is 1. The third kappa shape index (κ3) is 3.30. The van der Waals surface area contributed by atoms with E-state index in [0.29, 0.717) is 0 Å². The van der Waals surface area contributed by atoms with Crippen LogP contribution in [0.3, 0.4) is 0 Å². The second-order valence-electron chi connectivity index (χ2n) is 3.36. The van der Waals surface area contributed by atoms with Gasteiger partial charge in [-0.1, -0.05) is 0 Å². The van der Waals surface area contributed by atoms with E-state index in [4.69, 9.17) is 0 Å². The van der Waals surface area contributed by atoms with Gasteiger partial charge in [0.1, 0.15) is 5.69 Å². The Morgan fingerprint density at radius 2 is 2.00 bits per heavy atom. The fourth-order valence-electron chi connectivity index (χ4n) is 1.32. The maximum atomic E-state index is 12.6. The minimum atomic E-state index is -4.97. The van der Waals surface area contributed by atoms with Crippen LogP contribution in [0.1, 0.15) is 35.0 Å². The number of aromatic nitrogens is 1. The molecule has 19 heavy (non-hydrogen) atoms. The summed E-state index contributed by atoms with van der Waals surface area (Å²) in [6, 6.07) is 0.140. The van der Waals surface area contributed by atoms with Gasteiger partial charge in [0.2, 0.25) is 0 Å². The molecule has 0 atom stereocenters. The molecule has 0 aromatic carbocycles. The first-order chi connectivity index (χ1) is 8.68. The molecule has 0 bridgehead atoms. The molecule has 0 amide bonds. The van der Waals surface area contributed by atoms with Crippen molar-refractivity contribution in [2.75, 3.05) is 6.61 Å². The van der Waals surface area contributed by atoms with Crippen molar-refractivity contribution in [2.24, 2.45) is 0 Å². The number of hydrogen-bond donors (Lipinski definition) is 1. The third-order valence-electron chi connectivity index (χ3n) is 2.09. The van der Waals surface area contributed by atoms with Crippen LogP contribution in [0.15, 0.2) is 10.9 Å². The van der Waals surface area contributed by atoms with Gasteiger partial charge in [-0.3, -0.25) is 4.79 Å². The lowest BCUT2D eigenvalue weighted by Crippen LogP contribution is -2.24. The summed E-state index contributed by atoms with van der Waals surface area (Å²) in [7, 11) is 0. The van der Waals surface area contributed by atoms with E-state index < -0.39 is 41.0 Å². The zero-order valence-corrected chi connectivity index (χ0v) is 9.48. The number of pyridine rings is 1. The first kappa shape index (κ1) is 15.1. The molecule has 0 aliphatic heterocycles. The van der Waals surface area contributed by atoms with E-state index in [-0.39, 0.29) is 12.7 Å². The number of carbonyl (C=O) groups excluding carboxylic acids is 1. The fourth-order valence-corrected chi connectivity index (χ4v) is 1.32. The molecule has 1 rings (SSSR count). The van der Waals surface area contributed by atoms with Gasteiger partial charge in [-0.05, 0) is 13.0 Å². The van der Waals surface area contributed by atoms with E-state index in [2.05, 4.69) is 4.74 Å². The van der Waals surface area contributed by atoms with Crippen molar-refractivity contribution < 1.29 is 31.5 Å². The normalized spacial score (nSPS) is 11.7. The molecule has 0 fully saturated rings. The number of rotatable bonds is 3. The van der Waals surface area contributed by atoms with Gasteiger partial charge in [0.25, 0.3) is 12.0 Å². The predicted octanol–water partition coefficient (Wildman–Crippen LogP) is 2.51. The molecule has 1 aromatic rings. The summed E-state index contributed by atoms with van der Waals surface area (Å²) in [6.07, 6.45) is -8.37. The van der Waals surface area contributed by atoms with Crippen molar-refractivity contribution in [2.45, 2.75) is 19.5 Å². The van der Waals surface area contributed by atoms with Crippen molar-refractivity contribution in [3.05, 3.63) is 33.2 Å². The zero-order chi connectivity index (χ0) is 14.8. The van der Waals surface area contributed by atoms with Crippen LogP contribution in [0.5, 0.6) is 0 Å². The Morgan fingerprint density at radius 3 is 2.42 bits per heavy atom. The SMILES string of the molecule is CCOC(=O)c1cc(C(F)(F)F)[nH]c(=O)c1C(F)F. The number of nitrogens with one attached hydrogen (secondary N) is 1. The smallest absolute Gasteiger partial charge is 0.431 e. The van der Waals surface area contributed by atoms with Crippen LogP contribution in [-0.2, 0) is 10.9 Å². The molecule has 0 unspecified atom stereocenters. The number of ether oxygens (including phenoxy) is 1. The Balaban J connectivity index is 3.51. The Bertz CT molecular complexity index is 535. The van der Waals surface area contributed by atoms with Gasteiger partial charge in [-0.2, -0.15) is 13.2 Å². The summed E-state index contributed by atoms with van der Waals surface area (Å²) in [5.74, 6) is -1.41. The van der Waals surface area contributed by atoms with Crippen molar-refractivity contribution in [3.8, 4) is 0 Å². The topological polar surface area (TPSA) is 59.2 Å². The molecule has 1 heterocycles. The summed E-state index contributed by atoms with van der Waals surface area (Å²) in [6.45, 7) is 1.12. The summed E-state index contributed by atoms with van der Waals surface area (Å²) >= 11 is 0. The Kier molecular flexibility index (Phi) is 4.28. The van der Waals surface area contributed by atoms with Crippen molar-refractivity contribution in [1.82, 2.24) is 4.98 Å². The summed E-state index contributed by atoms with van der Waals surface area (Å²) in [4.78, 5) is 23.8. The van der Waals surface area contributed by atoms with Gasteiger partial charge in [-0.25, -0.2) is 13.6 Å². The highest BCUT2D eigenvalue weighted by atomic mass is 19.4. The van der Waals surface area contributed by atoms with E-state index in [1.807, 2.05) is 0 Å². The van der Waals surface area contributed by atoms with Gasteiger partial charge in [-0.15, -0.1) is 0 Å². The van der Waals surface area contributed by atoms with Crippen LogP contribution in [0.25, 0.3) is 0 Å². The first-order valence-corrected chi connectivity index (χ1v) is 4.98. The molecule has 0 saturated carbocycles. The molecule has 0 aliphatic rings. The maximum absolute atomic E-state index is 12.6. The van der Waals surface area contributed by atoms with Crippen molar-refractivity contribution in [1.29, 1.82) is 0 Å². The second-order valence-corrected chi connectivity index (χ2v) is 3.36. The van der Waals surface area contributed by atoms with E-state index in [1.54, 1.807) is 0 Å². The van der Waals surface area contributed by atoms with Gasteiger partial charge in [0.15, 0.2) is 0 Å². The first-order valence-electron chi connectivity index (χ1n) is 4.98. The lowest BCUT2D eigenvalue weighted by molar-refractivity contribution is -0.141. The van der Waals surface area contributed by atoms with Crippen LogP contribution < -0.4 is 5.56 Å². The molecule has 1 N–H and O–H groups in total. The number of aromatic amines is 1. The van der Waals surface area contributed by atoms with Crippen LogP contribution >= 0.6 is 0 Å². The molecule has 1 aromatic heterocycles. The quantitative estimate of drug-likeness (QED) is 0.685. The number of H-pyrrole nitrogens is 1. The highest BCUT2D eigenvalue weighted by molar-refractivity contribution is 5.91. The van der Waals surface area contributed by atoms with Crippen LogP contribution in [0, 0.1) is 0 Å². The molecule has 0 saturated heterocycles. The zero-order valence-electron chi connectivity index (χ0n) is 9.48. The molecule has 0 spiro atoms. The van der Waals surface area contributed by atoms with Crippen molar-refractivity contribution >= 4 is 5.97 Å². The Morgan fingerprint density at radius 1 is 1.42 bits per heavy atom. The predicted molar refractivity (Wildman–Crippen MR) is 53.0 cm³/mol. The van der Waals surface area contributed by atoms with E-state index in [1.165, 1.54) is 11.9 Å². The highest BCUT2D eigenvalue weighted by Crippen LogP contribution is 2.29. The van der Waals surface area contributed by atoms with Gasteiger partial charge in [0.05, 0.1) is 17.7 Å². The average molecular weight is 285 g/mol. The highest BCUT2D eigenvalue weighted by Gasteiger charge is 2.35. The Hall–Kier alpha value is -1.93. The van der Waals surface area contributed by atoms with E-state index in [0.717, 1.165) is 0 Å². The largest absolute Gasteiger partial charge is 0.462 e. The molecule has 9 heteroatoms. The molecular formula is C10H8F5NO3. The Labute approximate surface area is 103 Å². The fraction of sp³-hybridized carbons (Fsp3) is 0.400. The van der Waals surface area contributed by atoms with E-state index in [9.17, 15) is 31.5 Å². The molecule has 0 aliphatic carbocycles. The molecule has 0 radical (unpaired) electrons. The van der Waals surface area contributed by atoms with Crippen LogP contribution in [0.4, 0.5) is 22.0 Å². The van der Waals surface area contributed by atoms with Crippen LogP contribution in [0.2, 0.25) is 0 Å². The van der Waals surface area contributed by atoms with Gasteiger partial charge >= 0.3 is 12.1 Å². The monoisotopic (exact) mass is 285 g/mol. The number of hydrogen-bond acceptors (Lipinski definition) is 3. The summed E-state index contributed by atoms with van der Waals surface area (Å²) < 4.78 is 66.8. The minimum Gasteiger partial charge on any atom is -0.462 e. The minimum absolute atomic E-state index is 0.140. The lowest BCUT2D eigenvalue weighted by Gasteiger charge is -2.11. The van der Waals surface area contributed by atoms with Crippen molar-refractivity contribution in [3.63, 3.8) is 0 Å². The molecule has 106 valence electrons. The van der Waals surface area contributed by atoms with Crippen LogP contribution in [-0.4, -0.2) is 17.6 Å². The van der Waals surface area contributed by atoms with Gasteiger partial charge in [0, 0.05) is 0 Å². The van der Waals surface area contributed by atoms with Gasteiger partial charge < -0.3 is 9.72 Å². The molecular weight excluding hydrogens is 277 g/mol. The molecule has 4 nitrogen and oxygen atoms in total. The number of esters is 1. The number of halogens is 5. The summed E-state index contributed by atoms with van der Waals surface area (Å²) in [5, 5.41) is 0. The lowest BCUT2D eigenvalue weighted by atomic mass is 10.1. The van der Waals surface area contributed by atoms with E-state index >= 15 is 0 Å².